The summed E-state index contributed by atoms with van der Waals surface area (Å²) in [6, 6.07) is 3.82. The summed E-state index contributed by atoms with van der Waals surface area (Å²) in [5, 5.41) is 6.46. The van der Waals surface area contributed by atoms with Crippen LogP contribution in [0.3, 0.4) is 0 Å². The van der Waals surface area contributed by atoms with Crippen LogP contribution in [0.15, 0.2) is 35.7 Å². The van der Waals surface area contributed by atoms with Crippen molar-refractivity contribution >= 4 is 50.1 Å². The van der Waals surface area contributed by atoms with Crippen molar-refractivity contribution in [2.75, 3.05) is 27.3 Å². The zero-order valence-electron chi connectivity index (χ0n) is 31.1. The molecule has 53 heavy (non-hydrogen) atoms. The van der Waals surface area contributed by atoms with Gasteiger partial charge < -0.3 is 24.6 Å². The highest BCUT2D eigenvalue weighted by molar-refractivity contribution is 7.91. The van der Waals surface area contributed by atoms with Crippen molar-refractivity contribution in [3.8, 4) is 22.2 Å². The molecule has 0 bridgehead atoms. The van der Waals surface area contributed by atoms with Crippen LogP contribution in [0.1, 0.15) is 82.9 Å². The molecule has 2 aliphatic carbocycles. The van der Waals surface area contributed by atoms with E-state index < -0.39 is 44.3 Å². The van der Waals surface area contributed by atoms with E-state index in [1.165, 1.54) is 16.2 Å². The van der Waals surface area contributed by atoms with E-state index in [-0.39, 0.29) is 30.8 Å². The maximum Gasteiger partial charge on any atom is 0.319 e. The van der Waals surface area contributed by atoms with Gasteiger partial charge in [-0.25, -0.2) is 23.2 Å². The van der Waals surface area contributed by atoms with Gasteiger partial charge in [-0.05, 0) is 76.5 Å². The topological polar surface area (TPSA) is 160 Å². The normalized spacial score (nSPS) is 26.1. The van der Waals surface area contributed by atoms with Gasteiger partial charge in [0.05, 0.1) is 29.1 Å². The molecule has 0 unspecified atom stereocenters. The minimum absolute atomic E-state index is 0.0495. The molecular weight excluding hydrogens is 717 g/mol. The molecule has 0 spiro atoms. The van der Waals surface area contributed by atoms with Crippen LogP contribution in [0.2, 0.25) is 0 Å². The van der Waals surface area contributed by atoms with Gasteiger partial charge in [0.2, 0.25) is 15.9 Å². The first-order valence-electron chi connectivity index (χ1n) is 18.3. The average molecular weight is 765 g/mol. The SMILES string of the molecule is COc1ccc2cc(OC[C@@H]3C[C@H]4C(=O)N(C)CCCC/C=C/[C@@H]5C[C@@]5(C(=O)NS(=O)(=O)C5(C)CC5)NC(=O)N34)c(-c3nc(C(C)C)cs3)nc2c1C. The minimum Gasteiger partial charge on any atom is -0.496 e. The van der Waals surface area contributed by atoms with Crippen LogP contribution < -0.4 is 19.5 Å². The minimum atomic E-state index is -3.94. The number of urea groups is 1. The highest BCUT2D eigenvalue weighted by Gasteiger charge is 2.63. The van der Waals surface area contributed by atoms with E-state index in [4.69, 9.17) is 19.4 Å². The van der Waals surface area contributed by atoms with E-state index in [9.17, 15) is 22.8 Å². The smallest absolute Gasteiger partial charge is 0.319 e. The van der Waals surface area contributed by atoms with Gasteiger partial charge in [-0.1, -0.05) is 26.0 Å². The lowest BCUT2D eigenvalue weighted by Crippen LogP contribution is -2.69. The van der Waals surface area contributed by atoms with E-state index >= 15 is 0 Å². The number of allylic oxidation sites excluding steroid dienone is 1. The number of benzene rings is 1. The molecule has 0 radical (unpaired) electrons. The summed E-state index contributed by atoms with van der Waals surface area (Å²) in [5.74, 6) is 0.0975. The van der Waals surface area contributed by atoms with E-state index in [1.807, 2.05) is 42.7 Å². The largest absolute Gasteiger partial charge is 0.496 e. The number of ether oxygens (including phenoxy) is 2. The van der Waals surface area contributed by atoms with Gasteiger partial charge in [-0.3, -0.25) is 14.3 Å². The van der Waals surface area contributed by atoms with Crippen molar-refractivity contribution in [1.82, 2.24) is 29.8 Å². The number of thiazole rings is 1. The first kappa shape index (κ1) is 37.1. The molecule has 15 heteroatoms. The molecule has 4 aliphatic rings. The van der Waals surface area contributed by atoms with Gasteiger partial charge in [-0.2, -0.15) is 0 Å². The van der Waals surface area contributed by atoms with Gasteiger partial charge in [0.1, 0.15) is 40.4 Å². The van der Waals surface area contributed by atoms with E-state index in [0.29, 0.717) is 48.0 Å². The predicted octanol–water partition coefficient (Wildman–Crippen LogP) is 5.29. The Morgan fingerprint density at radius 3 is 2.64 bits per heavy atom. The molecule has 4 heterocycles. The van der Waals surface area contributed by atoms with Crippen molar-refractivity contribution in [3.63, 3.8) is 0 Å². The predicted molar refractivity (Wildman–Crippen MR) is 202 cm³/mol. The number of nitrogens with one attached hydrogen (secondary N) is 2. The highest BCUT2D eigenvalue weighted by Crippen LogP contribution is 2.48. The average Bonchev–Trinajstić information content (AvgIpc) is 3.96. The van der Waals surface area contributed by atoms with E-state index in [1.54, 1.807) is 26.0 Å². The number of aromatic nitrogens is 2. The number of fused-ring (bicyclic) bond motifs is 3. The van der Waals surface area contributed by atoms with Gasteiger partial charge in [0, 0.05) is 42.3 Å². The number of nitrogens with zero attached hydrogens (tertiary/aromatic N) is 4. The first-order valence-corrected chi connectivity index (χ1v) is 20.7. The zero-order valence-corrected chi connectivity index (χ0v) is 32.7. The zero-order chi connectivity index (χ0) is 37.9. The molecule has 13 nitrogen and oxygen atoms in total. The number of pyridine rings is 1. The lowest BCUT2D eigenvalue weighted by Gasteiger charge is -2.48. The molecule has 4 amide bonds. The molecule has 1 aromatic carbocycles. The Morgan fingerprint density at radius 2 is 1.94 bits per heavy atom. The molecule has 7 rings (SSSR count). The highest BCUT2D eigenvalue weighted by atomic mass is 32.2. The molecule has 2 N–H and O–H groups in total. The maximum atomic E-state index is 14.3. The monoisotopic (exact) mass is 764 g/mol. The Morgan fingerprint density at radius 1 is 1.17 bits per heavy atom. The van der Waals surface area contributed by atoms with Gasteiger partial charge >= 0.3 is 6.03 Å². The number of rotatable bonds is 9. The second kappa shape index (κ2) is 13.9. The van der Waals surface area contributed by atoms with Gasteiger partial charge in [-0.15, -0.1) is 11.3 Å². The second-order valence-electron chi connectivity index (χ2n) is 15.4. The Labute approximate surface area is 314 Å². The summed E-state index contributed by atoms with van der Waals surface area (Å²) >= 11 is 1.48. The molecular formula is C38H48N6O7S2. The van der Waals surface area contributed by atoms with Crippen molar-refractivity contribution in [3.05, 3.63) is 47.0 Å². The third-order valence-electron chi connectivity index (χ3n) is 11.3. The summed E-state index contributed by atoms with van der Waals surface area (Å²) in [4.78, 5) is 54.8. The standard InChI is InChI=1S/C38H48N6O7S2/c1-22(2)27-21-52-33(39-27)32-30(17-24-12-13-29(50-6)23(3)31(24)40-32)51-20-26-18-28-34(45)43(5)16-10-8-7-9-11-25-19-38(25,41-36(47)44(26)28)35(46)42-53(48,49)37(4)14-15-37/h9,11-13,17,21-22,25-26,28H,7-8,10,14-16,18-20H2,1-6H3,(H,41,47)(H,42,46)/b11-9+/t25-,26+,28+,38-/m1/s1. The third-order valence-corrected chi connectivity index (χ3v) is 14.3. The van der Waals surface area contributed by atoms with Gasteiger partial charge in [0.25, 0.3) is 5.91 Å². The van der Waals surface area contributed by atoms with Crippen molar-refractivity contribution < 1.29 is 32.3 Å². The number of likely N-dealkylation sites (N-methyl/N-ethyl adjacent to an activating group) is 1. The molecule has 2 aliphatic heterocycles. The third kappa shape index (κ3) is 6.86. The summed E-state index contributed by atoms with van der Waals surface area (Å²) in [7, 11) is -0.579. The lowest BCUT2D eigenvalue weighted by molar-refractivity contribution is -0.142. The molecule has 3 aromatic rings. The second-order valence-corrected chi connectivity index (χ2v) is 18.5. The fraction of sp³-hybridized carbons (Fsp3) is 0.553. The molecule has 4 atom stereocenters. The van der Waals surface area contributed by atoms with Crippen LogP contribution in [0, 0.1) is 12.8 Å². The number of amides is 4. The van der Waals surface area contributed by atoms with Crippen molar-refractivity contribution in [2.24, 2.45) is 5.92 Å². The number of carbonyl (C=O) groups excluding carboxylic acids is 3. The van der Waals surface area contributed by atoms with Gasteiger partial charge in [0.15, 0.2) is 0 Å². The Kier molecular flexibility index (Phi) is 9.71. The summed E-state index contributed by atoms with van der Waals surface area (Å²) in [6.07, 6.45) is 7.78. The van der Waals surface area contributed by atoms with Crippen molar-refractivity contribution in [1.29, 1.82) is 0 Å². The number of methoxy groups -OCH3 is 1. The fourth-order valence-corrected chi connectivity index (χ4v) is 9.49. The van der Waals surface area contributed by atoms with Crippen LogP contribution in [0.25, 0.3) is 21.6 Å². The maximum absolute atomic E-state index is 14.3. The summed E-state index contributed by atoms with van der Waals surface area (Å²) < 4.78 is 39.5. The molecule has 2 aromatic heterocycles. The molecule has 284 valence electrons. The summed E-state index contributed by atoms with van der Waals surface area (Å²) in [6.45, 7) is 8.33. The Bertz CT molecular complexity index is 2090. The Hall–Kier alpha value is -4.24. The van der Waals surface area contributed by atoms with Crippen LogP contribution >= 0.6 is 11.3 Å². The fourth-order valence-electron chi connectivity index (χ4n) is 7.21. The summed E-state index contributed by atoms with van der Waals surface area (Å²) in [5.41, 5.74) is 1.70. The number of aryl methyl sites for hydroxylation is 1. The molecule has 3 fully saturated rings. The van der Waals surface area contributed by atoms with Crippen LogP contribution in [0.5, 0.6) is 11.5 Å². The van der Waals surface area contributed by atoms with Crippen molar-refractivity contribution in [2.45, 2.75) is 101 Å². The lowest BCUT2D eigenvalue weighted by atomic mass is 9.92. The van der Waals surface area contributed by atoms with Crippen LogP contribution in [-0.2, 0) is 19.6 Å². The van der Waals surface area contributed by atoms with E-state index in [0.717, 1.165) is 41.4 Å². The quantitative estimate of drug-likeness (QED) is 0.276. The van der Waals surface area contributed by atoms with Crippen LogP contribution in [0.4, 0.5) is 4.79 Å². The Balaban J connectivity index is 1.18. The molecule has 1 saturated heterocycles. The number of hydrogen-bond acceptors (Lipinski definition) is 10. The number of carbonyl (C=O) groups is 3. The van der Waals surface area contributed by atoms with Crippen LogP contribution in [-0.4, -0.2) is 95.7 Å². The van der Waals surface area contributed by atoms with E-state index in [2.05, 4.69) is 23.9 Å². The number of sulfonamides is 1. The first-order chi connectivity index (χ1) is 25.2. The number of hydrogen-bond donors (Lipinski definition) is 2. The molecule has 2 saturated carbocycles.